The molecule has 7 heteroatoms. The topological polar surface area (TPSA) is 97.5 Å². The molecule has 162 valence electrons. The van der Waals surface area contributed by atoms with Gasteiger partial charge in [0.1, 0.15) is 5.69 Å². The second-order valence-electron chi connectivity index (χ2n) is 7.32. The van der Waals surface area contributed by atoms with Crippen LogP contribution in [0.4, 0.5) is 0 Å². The zero-order valence-corrected chi connectivity index (χ0v) is 18.1. The molecule has 3 rings (SSSR count). The minimum atomic E-state index is -0.704. The number of fused-ring (bicyclic) bond motifs is 1. The van der Waals surface area contributed by atoms with Crippen molar-refractivity contribution < 1.29 is 23.9 Å². The molecule has 0 bridgehead atoms. The highest BCUT2D eigenvalue weighted by Gasteiger charge is 2.24. The SMILES string of the molecule is CCOC(=O)c1c(C)[nH]c(C(=O)OCC(=O)NC(C)c2ccc3ccccc3c2)c1C. The Kier molecular flexibility index (Phi) is 6.74. The van der Waals surface area contributed by atoms with Crippen LogP contribution < -0.4 is 5.32 Å². The summed E-state index contributed by atoms with van der Waals surface area (Å²) in [5, 5.41) is 5.04. The van der Waals surface area contributed by atoms with Gasteiger partial charge in [-0.2, -0.15) is 0 Å². The smallest absolute Gasteiger partial charge is 0.355 e. The van der Waals surface area contributed by atoms with E-state index in [0.717, 1.165) is 16.3 Å². The van der Waals surface area contributed by atoms with Crippen LogP contribution in [0.1, 0.15) is 57.6 Å². The summed E-state index contributed by atoms with van der Waals surface area (Å²) < 4.78 is 10.2. The van der Waals surface area contributed by atoms with Crippen molar-refractivity contribution in [2.24, 2.45) is 0 Å². The molecule has 2 aromatic carbocycles. The number of esters is 2. The van der Waals surface area contributed by atoms with Gasteiger partial charge >= 0.3 is 11.9 Å². The zero-order chi connectivity index (χ0) is 22.5. The largest absolute Gasteiger partial charge is 0.462 e. The van der Waals surface area contributed by atoms with Crippen LogP contribution in [-0.4, -0.2) is 36.0 Å². The van der Waals surface area contributed by atoms with E-state index in [-0.39, 0.29) is 18.3 Å². The van der Waals surface area contributed by atoms with E-state index in [2.05, 4.69) is 10.3 Å². The fourth-order valence-electron chi connectivity index (χ4n) is 3.51. The molecule has 0 aliphatic heterocycles. The molecule has 1 heterocycles. The highest BCUT2D eigenvalue weighted by molar-refractivity contribution is 5.99. The normalized spacial score (nSPS) is 11.7. The van der Waals surface area contributed by atoms with Gasteiger partial charge in [-0.05, 0) is 55.7 Å². The van der Waals surface area contributed by atoms with Crippen molar-refractivity contribution in [3.05, 3.63) is 70.5 Å². The van der Waals surface area contributed by atoms with E-state index in [4.69, 9.17) is 9.47 Å². The van der Waals surface area contributed by atoms with E-state index in [9.17, 15) is 14.4 Å². The predicted molar refractivity (Wildman–Crippen MR) is 117 cm³/mol. The molecule has 0 saturated carbocycles. The number of benzene rings is 2. The number of aromatic amines is 1. The summed E-state index contributed by atoms with van der Waals surface area (Å²) in [6.07, 6.45) is 0. The lowest BCUT2D eigenvalue weighted by Crippen LogP contribution is -2.31. The number of aromatic nitrogens is 1. The van der Waals surface area contributed by atoms with Gasteiger partial charge in [0.15, 0.2) is 6.61 Å². The third kappa shape index (κ3) is 4.94. The van der Waals surface area contributed by atoms with Gasteiger partial charge in [0.05, 0.1) is 18.2 Å². The number of aryl methyl sites for hydroxylation is 1. The lowest BCUT2D eigenvalue weighted by Gasteiger charge is -2.15. The van der Waals surface area contributed by atoms with Gasteiger partial charge in [0, 0.05) is 5.69 Å². The summed E-state index contributed by atoms with van der Waals surface area (Å²) in [5.41, 5.74) is 2.34. The molecule has 1 unspecified atom stereocenters. The molecule has 0 radical (unpaired) electrons. The lowest BCUT2D eigenvalue weighted by atomic mass is 10.0. The molecule has 2 N–H and O–H groups in total. The van der Waals surface area contributed by atoms with Crippen LogP contribution in [0.5, 0.6) is 0 Å². The van der Waals surface area contributed by atoms with E-state index < -0.39 is 24.5 Å². The summed E-state index contributed by atoms with van der Waals surface area (Å²) in [6.45, 7) is 6.69. The molecule has 0 aliphatic carbocycles. The van der Waals surface area contributed by atoms with Crippen molar-refractivity contribution in [3.8, 4) is 0 Å². The molecule has 1 atom stereocenters. The first kappa shape index (κ1) is 22.1. The van der Waals surface area contributed by atoms with Gasteiger partial charge in [-0.1, -0.05) is 36.4 Å². The Morgan fingerprint density at radius 2 is 1.71 bits per heavy atom. The molecule has 1 aromatic heterocycles. The fourth-order valence-corrected chi connectivity index (χ4v) is 3.51. The number of carbonyl (C=O) groups is 3. The van der Waals surface area contributed by atoms with Crippen LogP contribution in [-0.2, 0) is 14.3 Å². The maximum Gasteiger partial charge on any atom is 0.355 e. The van der Waals surface area contributed by atoms with Crippen LogP contribution in [0, 0.1) is 13.8 Å². The number of rotatable bonds is 7. The van der Waals surface area contributed by atoms with Gasteiger partial charge < -0.3 is 19.8 Å². The molecule has 3 aromatic rings. The molecule has 7 nitrogen and oxygen atoms in total. The number of ether oxygens (including phenoxy) is 2. The third-order valence-corrected chi connectivity index (χ3v) is 5.11. The number of H-pyrrole nitrogens is 1. The lowest BCUT2D eigenvalue weighted by molar-refractivity contribution is -0.124. The second-order valence-corrected chi connectivity index (χ2v) is 7.32. The number of carbonyl (C=O) groups excluding carboxylic acids is 3. The van der Waals surface area contributed by atoms with Crippen LogP contribution in [0.2, 0.25) is 0 Å². The Morgan fingerprint density at radius 1 is 1.00 bits per heavy atom. The third-order valence-electron chi connectivity index (χ3n) is 5.11. The predicted octanol–water partition coefficient (Wildman–Crippen LogP) is 4.00. The van der Waals surface area contributed by atoms with Crippen molar-refractivity contribution in [2.45, 2.75) is 33.7 Å². The van der Waals surface area contributed by atoms with Crippen molar-refractivity contribution in [1.82, 2.24) is 10.3 Å². The molecule has 0 spiro atoms. The Labute approximate surface area is 180 Å². The monoisotopic (exact) mass is 422 g/mol. The van der Waals surface area contributed by atoms with E-state index >= 15 is 0 Å². The molecular formula is C24H26N2O5. The number of nitrogens with one attached hydrogen (secondary N) is 2. The Bertz CT molecular complexity index is 1130. The van der Waals surface area contributed by atoms with Crippen LogP contribution in [0.3, 0.4) is 0 Å². The first-order valence-electron chi connectivity index (χ1n) is 10.1. The first-order chi connectivity index (χ1) is 14.8. The van der Waals surface area contributed by atoms with E-state index in [1.807, 2.05) is 49.4 Å². The maximum absolute atomic E-state index is 12.4. The summed E-state index contributed by atoms with van der Waals surface area (Å²) in [7, 11) is 0. The Hall–Kier alpha value is -3.61. The molecular weight excluding hydrogens is 396 g/mol. The van der Waals surface area contributed by atoms with E-state index in [1.165, 1.54) is 0 Å². The van der Waals surface area contributed by atoms with Crippen molar-refractivity contribution >= 4 is 28.6 Å². The molecule has 0 aliphatic rings. The highest BCUT2D eigenvalue weighted by Crippen LogP contribution is 2.21. The van der Waals surface area contributed by atoms with Gasteiger partial charge in [0.25, 0.3) is 5.91 Å². The second kappa shape index (κ2) is 9.47. The van der Waals surface area contributed by atoms with Gasteiger partial charge in [-0.3, -0.25) is 4.79 Å². The minimum absolute atomic E-state index is 0.135. The van der Waals surface area contributed by atoms with Crippen LogP contribution >= 0.6 is 0 Å². The van der Waals surface area contributed by atoms with Crippen LogP contribution in [0.25, 0.3) is 10.8 Å². The summed E-state index contributed by atoms with van der Waals surface area (Å²) in [6, 6.07) is 13.7. The average molecular weight is 422 g/mol. The van der Waals surface area contributed by atoms with Crippen LogP contribution in [0.15, 0.2) is 42.5 Å². The van der Waals surface area contributed by atoms with Crippen molar-refractivity contribution in [2.75, 3.05) is 13.2 Å². The Morgan fingerprint density at radius 3 is 2.42 bits per heavy atom. The standard InChI is InChI=1S/C24H26N2O5/c1-5-30-23(28)21-14(2)22(26-16(21)4)24(29)31-13-20(27)25-15(3)18-11-10-17-8-6-7-9-19(17)12-18/h6-12,15,26H,5,13H2,1-4H3,(H,25,27). The maximum atomic E-state index is 12.4. The number of hydrogen-bond acceptors (Lipinski definition) is 5. The molecule has 31 heavy (non-hydrogen) atoms. The molecule has 0 saturated heterocycles. The number of hydrogen-bond donors (Lipinski definition) is 2. The quantitative estimate of drug-likeness (QED) is 0.561. The molecule has 0 fully saturated rings. The zero-order valence-electron chi connectivity index (χ0n) is 18.1. The van der Waals surface area contributed by atoms with Crippen molar-refractivity contribution in [1.29, 1.82) is 0 Å². The van der Waals surface area contributed by atoms with Gasteiger partial charge in [-0.25, -0.2) is 9.59 Å². The summed E-state index contributed by atoms with van der Waals surface area (Å²) >= 11 is 0. The minimum Gasteiger partial charge on any atom is -0.462 e. The van der Waals surface area contributed by atoms with Crippen molar-refractivity contribution in [3.63, 3.8) is 0 Å². The fraction of sp³-hybridized carbons (Fsp3) is 0.292. The van der Waals surface area contributed by atoms with E-state index in [0.29, 0.717) is 16.8 Å². The highest BCUT2D eigenvalue weighted by atomic mass is 16.5. The Balaban J connectivity index is 1.60. The summed E-state index contributed by atoms with van der Waals surface area (Å²) in [4.78, 5) is 39.7. The van der Waals surface area contributed by atoms with Gasteiger partial charge in [0.2, 0.25) is 0 Å². The molecule has 1 amide bonds. The number of amides is 1. The first-order valence-corrected chi connectivity index (χ1v) is 10.1. The summed E-state index contributed by atoms with van der Waals surface area (Å²) in [5.74, 6) is -1.63. The van der Waals surface area contributed by atoms with E-state index in [1.54, 1.807) is 20.8 Å². The van der Waals surface area contributed by atoms with Gasteiger partial charge in [-0.15, -0.1) is 0 Å². The average Bonchev–Trinajstić information content (AvgIpc) is 3.05.